The standard InChI is InChI=1S/C27H41NO6/c1-18(2)8-7-11-26(6)21-15-27(16-28(12-13-32-27)24(30)34-25(3,4)5)17-31-23(21)20-10-9-19(29)14-22(20)33-26/h9-10,14,18,21,23,29H,7-8,11-13,15-17H2,1-6H3/t21-,23+,26-,27?/m0/s1. The van der Waals surface area contributed by atoms with Crippen LogP contribution in [-0.2, 0) is 14.2 Å². The van der Waals surface area contributed by atoms with E-state index in [-0.39, 0.29) is 23.9 Å². The summed E-state index contributed by atoms with van der Waals surface area (Å²) < 4.78 is 25.1. The summed E-state index contributed by atoms with van der Waals surface area (Å²) >= 11 is 0. The van der Waals surface area contributed by atoms with Gasteiger partial charge in [-0.05, 0) is 65.0 Å². The Labute approximate surface area is 203 Å². The summed E-state index contributed by atoms with van der Waals surface area (Å²) in [5.41, 5.74) is -0.629. The van der Waals surface area contributed by atoms with Crippen LogP contribution in [0.15, 0.2) is 18.2 Å². The number of ether oxygens (including phenoxy) is 4. The van der Waals surface area contributed by atoms with E-state index in [9.17, 15) is 9.90 Å². The van der Waals surface area contributed by atoms with Crippen LogP contribution in [0.4, 0.5) is 4.79 Å². The van der Waals surface area contributed by atoms with Crippen LogP contribution in [0.1, 0.15) is 78.9 Å². The van der Waals surface area contributed by atoms with Crippen LogP contribution in [0, 0.1) is 11.8 Å². The van der Waals surface area contributed by atoms with E-state index in [1.165, 1.54) is 0 Å². The van der Waals surface area contributed by atoms with Crippen molar-refractivity contribution in [3.63, 3.8) is 0 Å². The number of nitrogens with zero attached hydrogens (tertiary/aromatic N) is 1. The number of phenolic OH excluding ortho intramolecular Hbond substituents is 1. The maximum atomic E-state index is 12.8. The van der Waals surface area contributed by atoms with Crippen LogP contribution in [0.3, 0.4) is 0 Å². The highest BCUT2D eigenvalue weighted by molar-refractivity contribution is 5.68. The number of fused-ring (bicyclic) bond motifs is 3. The molecule has 0 saturated carbocycles. The zero-order valence-electron chi connectivity index (χ0n) is 21.6. The zero-order chi connectivity index (χ0) is 24.7. The van der Waals surface area contributed by atoms with Crippen LogP contribution in [0.2, 0.25) is 0 Å². The predicted octanol–water partition coefficient (Wildman–Crippen LogP) is 5.45. The quantitative estimate of drug-likeness (QED) is 0.624. The van der Waals surface area contributed by atoms with E-state index in [4.69, 9.17) is 18.9 Å². The summed E-state index contributed by atoms with van der Waals surface area (Å²) in [6.07, 6.45) is 3.34. The molecule has 2 saturated heterocycles. The van der Waals surface area contributed by atoms with E-state index in [1.54, 1.807) is 17.0 Å². The van der Waals surface area contributed by atoms with E-state index in [0.29, 0.717) is 38.0 Å². The van der Waals surface area contributed by atoms with Crippen LogP contribution in [0.5, 0.6) is 11.5 Å². The first-order valence-electron chi connectivity index (χ1n) is 12.7. The lowest BCUT2D eigenvalue weighted by Gasteiger charge is -2.55. The first kappa shape index (κ1) is 25.1. The molecule has 2 fully saturated rings. The molecule has 4 atom stereocenters. The first-order valence-corrected chi connectivity index (χ1v) is 12.7. The topological polar surface area (TPSA) is 77.5 Å². The van der Waals surface area contributed by atoms with Crippen LogP contribution in [-0.4, -0.2) is 59.2 Å². The van der Waals surface area contributed by atoms with Gasteiger partial charge in [0.05, 0.1) is 25.9 Å². The average Bonchev–Trinajstić information content (AvgIpc) is 2.72. The number of amides is 1. The molecule has 1 spiro atoms. The molecule has 1 aromatic carbocycles. The Hall–Kier alpha value is -1.99. The first-order chi connectivity index (χ1) is 15.9. The van der Waals surface area contributed by atoms with Crippen molar-refractivity contribution in [1.82, 2.24) is 4.90 Å². The van der Waals surface area contributed by atoms with Gasteiger partial charge in [0.1, 0.15) is 28.3 Å². The molecular weight excluding hydrogens is 434 g/mol. The Kier molecular flexibility index (Phi) is 6.82. The summed E-state index contributed by atoms with van der Waals surface area (Å²) in [6.45, 7) is 14.1. The molecule has 34 heavy (non-hydrogen) atoms. The fourth-order valence-electron chi connectivity index (χ4n) is 5.58. The Morgan fingerprint density at radius 2 is 2.09 bits per heavy atom. The van der Waals surface area contributed by atoms with Gasteiger partial charge >= 0.3 is 6.09 Å². The molecule has 1 N–H and O–H groups in total. The van der Waals surface area contributed by atoms with Crippen molar-refractivity contribution in [2.75, 3.05) is 26.3 Å². The van der Waals surface area contributed by atoms with Crippen molar-refractivity contribution < 1.29 is 28.8 Å². The number of aromatic hydroxyl groups is 1. The largest absolute Gasteiger partial charge is 0.508 e. The molecule has 1 amide bonds. The highest BCUT2D eigenvalue weighted by Crippen LogP contribution is 2.54. The highest BCUT2D eigenvalue weighted by atomic mass is 16.6. The molecule has 3 aliphatic rings. The number of phenols is 1. The monoisotopic (exact) mass is 475 g/mol. The van der Waals surface area contributed by atoms with E-state index >= 15 is 0 Å². The van der Waals surface area contributed by atoms with Gasteiger partial charge in [-0.3, -0.25) is 0 Å². The Morgan fingerprint density at radius 3 is 2.79 bits per heavy atom. The summed E-state index contributed by atoms with van der Waals surface area (Å²) in [7, 11) is 0. The molecule has 0 radical (unpaired) electrons. The molecule has 7 nitrogen and oxygen atoms in total. The lowest BCUT2D eigenvalue weighted by atomic mass is 9.69. The summed E-state index contributed by atoms with van der Waals surface area (Å²) in [4.78, 5) is 14.6. The van der Waals surface area contributed by atoms with Crippen LogP contribution in [0.25, 0.3) is 0 Å². The van der Waals surface area contributed by atoms with E-state index < -0.39 is 16.8 Å². The van der Waals surface area contributed by atoms with Gasteiger partial charge in [0.25, 0.3) is 0 Å². The number of hydrogen-bond donors (Lipinski definition) is 1. The average molecular weight is 476 g/mol. The van der Waals surface area contributed by atoms with Gasteiger partial charge in [-0.15, -0.1) is 0 Å². The zero-order valence-corrected chi connectivity index (χ0v) is 21.6. The summed E-state index contributed by atoms with van der Waals surface area (Å²) in [5, 5.41) is 10.1. The fraction of sp³-hybridized carbons (Fsp3) is 0.741. The van der Waals surface area contributed by atoms with Gasteiger partial charge in [-0.2, -0.15) is 0 Å². The second kappa shape index (κ2) is 9.23. The van der Waals surface area contributed by atoms with Gasteiger partial charge in [0.2, 0.25) is 0 Å². The minimum absolute atomic E-state index is 0.0593. The number of carbonyl (C=O) groups is 1. The SMILES string of the molecule is CC(C)CCC[C@]1(C)Oc2cc(O)ccc2[C@H]2OCC3(C[C@@H]21)CN(C(=O)OC(C)(C)C)CCO3. The van der Waals surface area contributed by atoms with Crippen molar-refractivity contribution in [2.45, 2.75) is 90.1 Å². The molecule has 3 aliphatic heterocycles. The Bertz CT molecular complexity index is 896. The number of morpholine rings is 1. The van der Waals surface area contributed by atoms with E-state index in [0.717, 1.165) is 31.2 Å². The highest BCUT2D eigenvalue weighted by Gasteiger charge is 2.55. The normalized spacial score (nSPS) is 31.1. The third kappa shape index (κ3) is 5.30. The third-order valence-corrected chi connectivity index (χ3v) is 7.27. The molecule has 190 valence electrons. The van der Waals surface area contributed by atoms with Crippen LogP contribution < -0.4 is 4.74 Å². The second-order valence-corrected chi connectivity index (χ2v) is 11.9. The second-order valence-electron chi connectivity index (χ2n) is 11.9. The maximum Gasteiger partial charge on any atom is 0.410 e. The molecular formula is C27H41NO6. The number of carbonyl (C=O) groups excluding carboxylic acids is 1. The predicted molar refractivity (Wildman–Crippen MR) is 129 cm³/mol. The molecule has 4 rings (SSSR count). The van der Waals surface area contributed by atoms with Gasteiger partial charge in [-0.1, -0.05) is 20.3 Å². The number of benzene rings is 1. The lowest BCUT2D eigenvalue weighted by molar-refractivity contribution is -0.231. The molecule has 0 bridgehead atoms. The van der Waals surface area contributed by atoms with E-state index in [2.05, 4.69) is 20.8 Å². The fourth-order valence-corrected chi connectivity index (χ4v) is 5.58. The maximum absolute atomic E-state index is 12.8. The molecule has 7 heteroatoms. The molecule has 0 aromatic heterocycles. The molecule has 1 aromatic rings. The van der Waals surface area contributed by atoms with E-state index in [1.807, 2.05) is 26.8 Å². The van der Waals surface area contributed by atoms with Gasteiger partial charge in [0, 0.05) is 24.1 Å². The van der Waals surface area contributed by atoms with Crippen molar-refractivity contribution >= 4 is 6.09 Å². The van der Waals surface area contributed by atoms with Crippen molar-refractivity contribution in [1.29, 1.82) is 0 Å². The van der Waals surface area contributed by atoms with Crippen LogP contribution >= 0.6 is 0 Å². The van der Waals surface area contributed by atoms with Gasteiger partial charge < -0.3 is 29.0 Å². The smallest absolute Gasteiger partial charge is 0.410 e. The number of rotatable bonds is 4. The third-order valence-electron chi connectivity index (χ3n) is 7.27. The van der Waals surface area contributed by atoms with Gasteiger partial charge in [0.15, 0.2) is 0 Å². The van der Waals surface area contributed by atoms with Gasteiger partial charge in [-0.25, -0.2) is 4.79 Å². The molecule has 1 unspecified atom stereocenters. The number of hydrogen-bond acceptors (Lipinski definition) is 6. The summed E-state index contributed by atoms with van der Waals surface area (Å²) in [5.74, 6) is 1.57. The minimum Gasteiger partial charge on any atom is -0.508 e. The van der Waals surface area contributed by atoms with Crippen molar-refractivity contribution in [3.8, 4) is 11.5 Å². The summed E-state index contributed by atoms with van der Waals surface area (Å²) in [6, 6.07) is 5.29. The van der Waals surface area contributed by atoms with Crippen molar-refractivity contribution in [2.24, 2.45) is 11.8 Å². The van der Waals surface area contributed by atoms with Crippen molar-refractivity contribution in [3.05, 3.63) is 23.8 Å². The molecule has 3 heterocycles. The Morgan fingerprint density at radius 1 is 1.32 bits per heavy atom. The molecule has 0 aliphatic carbocycles. The minimum atomic E-state index is -0.590. The Balaban J connectivity index is 1.59. The lowest BCUT2D eigenvalue weighted by Crippen LogP contribution is -2.63.